The van der Waals surface area contributed by atoms with E-state index in [1.165, 1.54) is 6.21 Å². The van der Waals surface area contributed by atoms with Crippen molar-refractivity contribution in [2.75, 3.05) is 32.7 Å². The Labute approximate surface area is 231 Å². The number of aliphatic imine (C=N–C) groups is 2. The number of piperidine rings is 1. The number of nitrogens with zero attached hydrogens (tertiary/aromatic N) is 4. The van der Waals surface area contributed by atoms with Gasteiger partial charge in [0.2, 0.25) is 0 Å². The van der Waals surface area contributed by atoms with Gasteiger partial charge >= 0.3 is 6.03 Å². The molecule has 0 unspecified atom stereocenters. The first-order valence-electron chi connectivity index (χ1n) is 13.8. The van der Waals surface area contributed by atoms with Crippen molar-refractivity contribution >= 4 is 24.3 Å². The Bertz CT molecular complexity index is 1190. The summed E-state index contributed by atoms with van der Waals surface area (Å²) in [5, 5.41) is 14.2. The Morgan fingerprint density at radius 2 is 1.87 bits per heavy atom. The molecule has 4 aliphatic rings. The van der Waals surface area contributed by atoms with Gasteiger partial charge in [-0.2, -0.15) is 0 Å². The Balaban J connectivity index is 1.31. The third-order valence-electron chi connectivity index (χ3n) is 7.41. The molecule has 2 amide bonds. The highest BCUT2D eigenvalue weighted by Crippen LogP contribution is 2.23. The topological polar surface area (TPSA) is 148 Å². The van der Waals surface area contributed by atoms with Crippen LogP contribution >= 0.6 is 0 Å². The van der Waals surface area contributed by atoms with Crippen LogP contribution in [-0.2, 0) is 0 Å². The zero-order valence-corrected chi connectivity index (χ0v) is 23.0. The molecule has 0 saturated carbocycles. The maximum Gasteiger partial charge on any atom is 0.319 e. The van der Waals surface area contributed by atoms with Crippen LogP contribution in [0.3, 0.4) is 0 Å². The number of fused-ring (bicyclic) bond motifs is 1. The van der Waals surface area contributed by atoms with Gasteiger partial charge in [-0.05, 0) is 67.4 Å². The molecule has 4 heterocycles. The predicted octanol–water partition coefficient (Wildman–Crippen LogP) is 3.12. The van der Waals surface area contributed by atoms with Crippen LogP contribution in [0.25, 0.3) is 0 Å². The first-order chi connectivity index (χ1) is 18.9. The molecule has 0 aliphatic carbocycles. The van der Waals surface area contributed by atoms with Crippen LogP contribution in [0.5, 0.6) is 0 Å². The van der Waals surface area contributed by atoms with Crippen molar-refractivity contribution in [1.29, 1.82) is 5.41 Å². The minimum Gasteiger partial charge on any atom is -0.404 e. The van der Waals surface area contributed by atoms with E-state index in [-0.39, 0.29) is 11.9 Å². The molecule has 0 radical (unpaired) electrons. The SMILES string of the molecule is CC(C)C(C=N)=CC(N)=NC1=CC=C2NC=C(C(C=NCC3CCN(C(=O)N4CCCC4)CC3)=CN)C=C2N1. The van der Waals surface area contributed by atoms with Crippen LogP contribution in [0, 0.1) is 17.2 Å². The number of carbonyl (C=O) groups is 1. The number of nitrogens with two attached hydrogens (primary N) is 2. The summed E-state index contributed by atoms with van der Waals surface area (Å²) in [5.41, 5.74) is 16.4. The molecular weight excluding hydrogens is 490 g/mol. The third-order valence-corrected chi connectivity index (χ3v) is 7.41. The van der Waals surface area contributed by atoms with Gasteiger partial charge in [-0.3, -0.25) is 4.99 Å². The van der Waals surface area contributed by atoms with Gasteiger partial charge in [-0.15, -0.1) is 0 Å². The number of dihydropyridines is 2. The summed E-state index contributed by atoms with van der Waals surface area (Å²) in [7, 11) is 0. The fourth-order valence-electron chi connectivity index (χ4n) is 4.97. The lowest BCUT2D eigenvalue weighted by Crippen LogP contribution is -2.45. The number of carbonyl (C=O) groups excluding carboxylic acids is 1. The number of hydrogen-bond acceptors (Lipinski definition) is 7. The molecular formula is C29H41N9O. The van der Waals surface area contributed by atoms with Crippen LogP contribution in [-0.4, -0.2) is 66.8 Å². The third kappa shape index (κ3) is 7.28. The fraction of sp³-hybridized carbons (Fsp3) is 0.448. The van der Waals surface area contributed by atoms with Crippen LogP contribution in [0.15, 0.2) is 80.6 Å². The molecule has 10 heteroatoms. The predicted molar refractivity (Wildman–Crippen MR) is 158 cm³/mol. The summed E-state index contributed by atoms with van der Waals surface area (Å²) in [4.78, 5) is 25.8. The zero-order valence-electron chi connectivity index (χ0n) is 23.0. The van der Waals surface area contributed by atoms with Crippen molar-refractivity contribution in [1.82, 2.24) is 20.4 Å². The minimum absolute atomic E-state index is 0.189. The van der Waals surface area contributed by atoms with E-state index in [0.717, 1.165) is 80.0 Å². The second kappa shape index (κ2) is 13.1. The number of amidine groups is 1. The molecule has 39 heavy (non-hydrogen) atoms. The van der Waals surface area contributed by atoms with Crippen molar-refractivity contribution in [2.45, 2.75) is 39.5 Å². The van der Waals surface area contributed by atoms with E-state index in [4.69, 9.17) is 21.9 Å². The average Bonchev–Trinajstić information content (AvgIpc) is 3.49. The van der Waals surface area contributed by atoms with Crippen molar-refractivity contribution < 1.29 is 4.79 Å². The Kier molecular flexibility index (Phi) is 9.40. The highest BCUT2D eigenvalue weighted by Gasteiger charge is 2.27. The van der Waals surface area contributed by atoms with Gasteiger partial charge in [0.05, 0.1) is 11.4 Å². The largest absolute Gasteiger partial charge is 0.404 e. The monoisotopic (exact) mass is 531 g/mol. The van der Waals surface area contributed by atoms with E-state index < -0.39 is 0 Å². The van der Waals surface area contributed by atoms with Crippen LogP contribution in [0.1, 0.15) is 39.5 Å². The van der Waals surface area contributed by atoms with Gasteiger partial charge in [-0.25, -0.2) is 9.79 Å². The number of rotatable bonds is 8. The standard InChI is InChI=1S/C29H41N9O/c1-20(2)22(15-30)14-27(32)36-28-6-5-25-26(35-28)13-23(19-34-25)24(16-31)18-33-17-21-7-11-38(12-8-21)29(39)37-9-3-4-10-37/h5-6,13-16,18-21,30,34-35H,3-4,7-12,17,31H2,1-2H3,(H2,32,36). The molecule has 0 aromatic carbocycles. The van der Waals surface area contributed by atoms with E-state index in [2.05, 4.69) is 15.6 Å². The maximum atomic E-state index is 12.6. The highest BCUT2D eigenvalue weighted by molar-refractivity contribution is 5.97. The Morgan fingerprint density at radius 1 is 1.15 bits per heavy atom. The molecule has 0 spiro atoms. The van der Waals surface area contributed by atoms with E-state index in [9.17, 15) is 4.79 Å². The summed E-state index contributed by atoms with van der Waals surface area (Å²) in [6, 6.07) is 0.201. The minimum atomic E-state index is 0.189. The molecule has 4 aliphatic heterocycles. The maximum absolute atomic E-state index is 12.6. The number of allylic oxidation sites excluding steroid dienone is 6. The summed E-state index contributed by atoms with van der Waals surface area (Å²) in [5.74, 6) is 1.59. The number of nitrogens with one attached hydrogen (secondary N) is 3. The molecule has 0 bridgehead atoms. The Morgan fingerprint density at radius 3 is 2.54 bits per heavy atom. The number of urea groups is 1. The smallest absolute Gasteiger partial charge is 0.319 e. The number of likely N-dealkylation sites (tertiary alicyclic amines) is 2. The lowest BCUT2D eigenvalue weighted by atomic mass is 9.97. The quantitative estimate of drug-likeness (QED) is 0.241. The van der Waals surface area contributed by atoms with E-state index in [0.29, 0.717) is 24.1 Å². The molecule has 10 nitrogen and oxygen atoms in total. The van der Waals surface area contributed by atoms with Gasteiger partial charge in [-0.1, -0.05) is 13.8 Å². The lowest BCUT2D eigenvalue weighted by Gasteiger charge is -2.34. The molecule has 4 rings (SSSR count). The van der Waals surface area contributed by atoms with Gasteiger partial charge in [0, 0.05) is 68.7 Å². The van der Waals surface area contributed by atoms with Crippen LogP contribution < -0.4 is 22.1 Å². The summed E-state index contributed by atoms with van der Waals surface area (Å²) >= 11 is 0. The first kappa shape index (κ1) is 27.9. The first-order valence-corrected chi connectivity index (χ1v) is 13.8. The van der Waals surface area contributed by atoms with Crippen LogP contribution in [0.2, 0.25) is 0 Å². The van der Waals surface area contributed by atoms with Crippen molar-refractivity contribution in [3.63, 3.8) is 0 Å². The van der Waals surface area contributed by atoms with E-state index in [1.807, 2.05) is 54.3 Å². The van der Waals surface area contributed by atoms with Gasteiger partial charge in [0.15, 0.2) is 0 Å². The molecule has 2 saturated heterocycles. The van der Waals surface area contributed by atoms with Gasteiger partial charge in [0.25, 0.3) is 0 Å². The normalized spacial score (nSPS) is 21.2. The average molecular weight is 532 g/mol. The second-order valence-corrected chi connectivity index (χ2v) is 10.6. The molecule has 7 N–H and O–H groups in total. The Hall–Kier alpha value is -4.08. The number of amides is 2. The lowest BCUT2D eigenvalue weighted by molar-refractivity contribution is 0.141. The van der Waals surface area contributed by atoms with Gasteiger partial charge in [0.1, 0.15) is 11.7 Å². The molecule has 0 aromatic rings. The van der Waals surface area contributed by atoms with Crippen molar-refractivity contribution in [3.05, 3.63) is 70.6 Å². The molecule has 2 fully saturated rings. The molecule has 0 aromatic heterocycles. The molecule has 208 valence electrons. The fourth-order valence-corrected chi connectivity index (χ4v) is 4.97. The highest BCUT2D eigenvalue weighted by atomic mass is 16.2. The summed E-state index contributed by atoms with van der Waals surface area (Å²) in [6.45, 7) is 8.13. The second-order valence-electron chi connectivity index (χ2n) is 10.6. The number of hydrogen-bond donors (Lipinski definition) is 5. The van der Waals surface area contributed by atoms with E-state index >= 15 is 0 Å². The van der Waals surface area contributed by atoms with Crippen LogP contribution in [0.4, 0.5) is 4.79 Å². The van der Waals surface area contributed by atoms with E-state index in [1.54, 1.807) is 12.3 Å². The summed E-state index contributed by atoms with van der Waals surface area (Å²) < 4.78 is 0. The van der Waals surface area contributed by atoms with Crippen molar-refractivity contribution in [2.24, 2.45) is 33.3 Å². The molecule has 0 atom stereocenters. The summed E-state index contributed by atoms with van der Waals surface area (Å²) in [6.07, 6.45) is 18.3. The zero-order chi connectivity index (χ0) is 27.8. The van der Waals surface area contributed by atoms with Gasteiger partial charge < -0.3 is 37.3 Å². The van der Waals surface area contributed by atoms with Crippen molar-refractivity contribution in [3.8, 4) is 0 Å².